The molecule has 1 saturated carbocycles. The molecule has 0 amide bonds. The average Bonchev–Trinajstić information content (AvgIpc) is 3.14. The van der Waals surface area contributed by atoms with E-state index in [2.05, 4.69) is 20.2 Å². The number of sulfonamides is 1. The van der Waals surface area contributed by atoms with Gasteiger partial charge < -0.3 is 9.84 Å². The highest BCUT2D eigenvalue weighted by atomic mass is 32.2. The van der Waals surface area contributed by atoms with Gasteiger partial charge in [0.25, 0.3) is 0 Å². The van der Waals surface area contributed by atoms with Gasteiger partial charge in [-0.2, -0.15) is 18.2 Å². The van der Waals surface area contributed by atoms with Gasteiger partial charge in [0.1, 0.15) is 0 Å². The van der Waals surface area contributed by atoms with Gasteiger partial charge in [-0.15, -0.1) is 0 Å². The lowest BCUT2D eigenvalue weighted by molar-refractivity contribution is -0.137. The van der Waals surface area contributed by atoms with Crippen molar-refractivity contribution in [3.8, 4) is 11.4 Å². The van der Waals surface area contributed by atoms with E-state index < -0.39 is 26.5 Å². The van der Waals surface area contributed by atoms with Gasteiger partial charge in [0.2, 0.25) is 15.8 Å². The van der Waals surface area contributed by atoms with Crippen molar-refractivity contribution in [1.82, 2.24) is 14.9 Å². The number of rotatable bonds is 6. The Morgan fingerprint density at radius 2 is 1.68 bits per heavy atom. The first-order valence-corrected chi connectivity index (χ1v) is 11.6. The largest absolute Gasteiger partial charge is 0.416 e. The predicted molar refractivity (Wildman–Crippen MR) is 111 cm³/mol. The maximum atomic E-state index is 12.7. The van der Waals surface area contributed by atoms with Crippen LogP contribution >= 0.6 is 0 Å². The number of halogens is 3. The molecule has 2 N–H and O–H groups in total. The molecule has 1 aliphatic carbocycles. The lowest BCUT2D eigenvalue weighted by Crippen LogP contribution is -2.42. The summed E-state index contributed by atoms with van der Waals surface area (Å²) in [4.78, 5) is 4.22. The van der Waals surface area contributed by atoms with Crippen LogP contribution in [-0.2, 0) is 16.2 Å². The first kappa shape index (κ1) is 23.5. The number of anilines is 1. The smallest absolute Gasteiger partial charge is 0.335 e. The van der Waals surface area contributed by atoms with Crippen molar-refractivity contribution < 1.29 is 26.1 Å². The van der Waals surface area contributed by atoms with Crippen LogP contribution in [-0.4, -0.2) is 35.9 Å². The summed E-state index contributed by atoms with van der Waals surface area (Å²) in [5.74, 6) is 0.474. The molecule has 2 aromatic rings. The molecule has 3 rings (SSSR count). The van der Waals surface area contributed by atoms with Crippen molar-refractivity contribution in [2.45, 2.75) is 63.4 Å². The summed E-state index contributed by atoms with van der Waals surface area (Å²) in [5, 5.41) is 7.00. The normalized spacial score (nSPS) is 20.6. The monoisotopic (exact) mass is 460 g/mol. The molecule has 1 aromatic carbocycles. The molecule has 1 fully saturated rings. The molecule has 11 heteroatoms. The second-order valence-electron chi connectivity index (χ2n) is 8.82. The van der Waals surface area contributed by atoms with Crippen LogP contribution < -0.4 is 10.0 Å². The second kappa shape index (κ2) is 8.78. The number of nitrogens with zero attached hydrogens (tertiary/aromatic N) is 2. The zero-order valence-corrected chi connectivity index (χ0v) is 18.5. The topological polar surface area (TPSA) is 97.1 Å². The van der Waals surface area contributed by atoms with Crippen LogP contribution in [0.1, 0.15) is 52.0 Å². The maximum Gasteiger partial charge on any atom is 0.416 e. The quantitative estimate of drug-likeness (QED) is 0.661. The van der Waals surface area contributed by atoms with Gasteiger partial charge >= 0.3 is 12.2 Å². The molecule has 1 heterocycles. The fourth-order valence-corrected chi connectivity index (χ4v) is 4.23. The van der Waals surface area contributed by atoms with Crippen LogP contribution in [0.25, 0.3) is 11.4 Å². The third-order valence-corrected chi connectivity index (χ3v) is 7.60. The Bertz CT molecular complexity index is 974. The Labute approximate surface area is 179 Å². The van der Waals surface area contributed by atoms with E-state index in [1.165, 1.54) is 12.1 Å². The van der Waals surface area contributed by atoms with Crippen LogP contribution in [0.2, 0.25) is 0 Å². The van der Waals surface area contributed by atoms with Gasteiger partial charge in [0, 0.05) is 18.2 Å². The predicted octanol–water partition coefficient (Wildman–Crippen LogP) is 4.44. The van der Waals surface area contributed by atoms with E-state index in [9.17, 15) is 21.6 Å². The van der Waals surface area contributed by atoms with Crippen LogP contribution in [0.15, 0.2) is 28.8 Å². The number of hydrogen-bond acceptors (Lipinski definition) is 6. The molecule has 0 bridgehead atoms. The molecule has 0 spiro atoms. The van der Waals surface area contributed by atoms with Crippen molar-refractivity contribution in [2.75, 3.05) is 11.9 Å². The van der Waals surface area contributed by atoms with Crippen molar-refractivity contribution in [2.24, 2.45) is 5.92 Å². The highest BCUT2D eigenvalue weighted by Gasteiger charge is 2.31. The number of benzene rings is 1. The molecule has 31 heavy (non-hydrogen) atoms. The van der Waals surface area contributed by atoms with E-state index in [1.807, 2.05) is 0 Å². The zero-order chi connectivity index (χ0) is 22.9. The lowest BCUT2D eigenvalue weighted by atomic mass is 9.86. The number of nitrogens with one attached hydrogen (secondary N) is 2. The van der Waals surface area contributed by atoms with Gasteiger partial charge in [-0.25, -0.2) is 13.1 Å². The first-order chi connectivity index (χ1) is 14.3. The van der Waals surface area contributed by atoms with E-state index in [1.54, 1.807) is 20.8 Å². The Morgan fingerprint density at radius 1 is 1.06 bits per heavy atom. The third-order valence-electron chi connectivity index (χ3n) is 5.44. The zero-order valence-electron chi connectivity index (χ0n) is 17.7. The summed E-state index contributed by atoms with van der Waals surface area (Å²) in [7, 11) is -3.36. The van der Waals surface area contributed by atoms with E-state index in [0.717, 1.165) is 37.8 Å². The molecule has 1 aromatic heterocycles. The summed E-state index contributed by atoms with van der Waals surface area (Å²) in [6, 6.07) is 4.90. The first-order valence-electron chi connectivity index (χ1n) is 10.1. The Balaban J connectivity index is 1.50. The van der Waals surface area contributed by atoms with Crippen LogP contribution in [0, 0.1) is 5.92 Å². The van der Waals surface area contributed by atoms with Crippen molar-refractivity contribution >= 4 is 16.0 Å². The number of aromatic nitrogens is 2. The molecular formula is C20H27F3N4O3S. The molecular weight excluding hydrogens is 433 g/mol. The van der Waals surface area contributed by atoms with Gasteiger partial charge in [0.15, 0.2) is 0 Å². The summed E-state index contributed by atoms with van der Waals surface area (Å²) in [6.07, 6.45) is -1.05. The van der Waals surface area contributed by atoms with E-state index >= 15 is 0 Å². The molecule has 0 aliphatic heterocycles. The minimum Gasteiger partial charge on any atom is -0.335 e. The van der Waals surface area contributed by atoms with Crippen molar-refractivity contribution in [3.05, 3.63) is 29.8 Å². The summed E-state index contributed by atoms with van der Waals surface area (Å²) in [6.45, 7) is 5.42. The Morgan fingerprint density at radius 3 is 2.23 bits per heavy atom. The van der Waals surface area contributed by atoms with Gasteiger partial charge in [-0.3, -0.25) is 0 Å². The minimum atomic E-state index is -4.40. The average molecular weight is 461 g/mol. The van der Waals surface area contributed by atoms with Crippen molar-refractivity contribution in [3.63, 3.8) is 0 Å². The molecule has 7 nitrogen and oxygen atoms in total. The van der Waals surface area contributed by atoms with Gasteiger partial charge in [-0.05, 0) is 64.5 Å². The van der Waals surface area contributed by atoms with Crippen molar-refractivity contribution in [1.29, 1.82) is 0 Å². The molecule has 0 saturated heterocycles. The summed E-state index contributed by atoms with van der Waals surface area (Å²) < 4.78 is 69.5. The molecule has 1 aliphatic rings. The van der Waals surface area contributed by atoms with Gasteiger partial charge in [0.05, 0.1) is 10.3 Å². The highest BCUT2D eigenvalue weighted by molar-refractivity contribution is 7.90. The summed E-state index contributed by atoms with van der Waals surface area (Å²) >= 11 is 0. The fraction of sp³-hybridized carbons (Fsp3) is 0.600. The SMILES string of the molecule is CC(C)(C)S(=O)(=O)NCC1CCC(Nc2nc(-c3ccc(C(F)(F)F)cc3)no2)CC1. The van der Waals surface area contributed by atoms with Crippen LogP contribution in [0.4, 0.5) is 19.2 Å². The number of alkyl halides is 3. The molecule has 0 atom stereocenters. The highest BCUT2D eigenvalue weighted by Crippen LogP contribution is 2.31. The van der Waals surface area contributed by atoms with Crippen LogP contribution in [0.3, 0.4) is 0 Å². The Hall–Kier alpha value is -2.14. The fourth-order valence-electron chi connectivity index (χ4n) is 3.34. The molecule has 172 valence electrons. The standard InChI is InChI=1S/C20H27F3N4O3S/c1-19(2,3)31(28,29)24-12-13-4-10-16(11-5-13)25-18-26-17(27-30-18)14-6-8-15(9-7-14)20(21,22)23/h6-9,13,16,24H,4-5,10-12H2,1-3H3,(H,25,26,27). The van der Waals surface area contributed by atoms with E-state index in [0.29, 0.717) is 12.1 Å². The minimum absolute atomic E-state index is 0.108. The van der Waals surface area contributed by atoms with E-state index in [4.69, 9.17) is 4.52 Å². The molecule has 0 radical (unpaired) electrons. The maximum absolute atomic E-state index is 12.7. The lowest BCUT2D eigenvalue weighted by Gasteiger charge is -2.29. The third kappa shape index (κ3) is 5.97. The van der Waals surface area contributed by atoms with E-state index in [-0.39, 0.29) is 23.8 Å². The number of hydrogen-bond donors (Lipinski definition) is 2. The Kier molecular flexibility index (Phi) is 6.66. The molecule has 0 unspecified atom stereocenters. The summed E-state index contributed by atoms with van der Waals surface area (Å²) in [5.41, 5.74) is -0.306. The second-order valence-corrected chi connectivity index (χ2v) is 11.3. The van der Waals surface area contributed by atoms with Crippen LogP contribution in [0.5, 0.6) is 0 Å². The van der Waals surface area contributed by atoms with Gasteiger partial charge in [-0.1, -0.05) is 17.3 Å².